The zero-order chi connectivity index (χ0) is 15.2. The molecule has 108 valence electrons. The van der Waals surface area contributed by atoms with Gasteiger partial charge in [0.05, 0.1) is 24.9 Å². The largest absolute Gasteiger partial charge is 0.452 e. The predicted molar refractivity (Wildman–Crippen MR) is 75.5 cm³/mol. The van der Waals surface area contributed by atoms with Gasteiger partial charge in [0.15, 0.2) is 0 Å². The minimum absolute atomic E-state index is 0.110. The molecule has 9 heteroatoms. The minimum atomic E-state index is -4.12. The number of hydrogen-bond acceptors (Lipinski definition) is 5. The van der Waals surface area contributed by atoms with Crippen LogP contribution < -0.4 is 15.2 Å². The van der Waals surface area contributed by atoms with Crippen LogP contribution in [0.3, 0.4) is 0 Å². The smallest absolute Gasteiger partial charge is 0.422 e. The van der Waals surface area contributed by atoms with E-state index in [0.717, 1.165) is 7.11 Å². The Labute approximate surface area is 121 Å². The molecule has 0 aliphatic rings. The molecule has 0 heterocycles. The number of ether oxygens (including phenoxy) is 1. The summed E-state index contributed by atoms with van der Waals surface area (Å²) >= 11 is 5.81. The van der Waals surface area contributed by atoms with Crippen molar-refractivity contribution in [3.05, 3.63) is 28.8 Å². The van der Waals surface area contributed by atoms with Crippen molar-refractivity contribution in [1.82, 2.24) is 4.72 Å². The molecule has 0 aliphatic carbocycles. The standard InChI is InChI=1S/C11H12ClN3O4S/c1-19-11(16)15-20(17,18)14-10-5-4-9(12)7-8(10)3-2-6-13/h4-5,7,14H,6,13H2,1H3,(H,15,16). The summed E-state index contributed by atoms with van der Waals surface area (Å²) in [7, 11) is -3.08. The quantitative estimate of drug-likeness (QED) is 0.709. The Morgan fingerprint density at radius 3 is 2.80 bits per heavy atom. The van der Waals surface area contributed by atoms with Crippen LogP contribution in [0.25, 0.3) is 0 Å². The summed E-state index contributed by atoms with van der Waals surface area (Å²) in [6.45, 7) is 0.110. The SMILES string of the molecule is COC(=O)NS(=O)(=O)Nc1ccc(Cl)cc1C#CCN. The maximum Gasteiger partial charge on any atom is 0.422 e. The second kappa shape index (κ2) is 7.00. The molecule has 0 atom stereocenters. The summed E-state index contributed by atoms with van der Waals surface area (Å²) in [5.41, 5.74) is 5.75. The molecule has 0 aromatic heterocycles. The van der Waals surface area contributed by atoms with Crippen molar-refractivity contribution < 1.29 is 17.9 Å². The van der Waals surface area contributed by atoms with Gasteiger partial charge in [-0.1, -0.05) is 23.4 Å². The van der Waals surface area contributed by atoms with Gasteiger partial charge >= 0.3 is 16.3 Å². The second-order valence-electron chi connectivity index (χ2n) is 3.39. The zero-order valence-electron chi connectivity index (χ0n) is 10.4. The highest BCUT2D eigenvalue weighted by atomic mass is 35.5. The van der Waals surface area contributed by atoms with E-state index in [1.54, 1.807) is 4.72 Å². The lowest BCUT2D eigenvalue weighted by Gasteiger charge is -2.10. The number of nitrogens with one attached hydrogen (secondary N) is 2. The van der Waals surface area contributed by atoms with Crippen molar-refractivity contribution in [2.45, 2.75) is 0 Å². The first kappa shape index (κ1) is 16.1. The van der Waals surface area contributed by atoms with E-state index in [1.165, 1.54) is 18.2 Å². The maximum atomic E-state index is 11.7. The number of hydrogen-bond donors (Lipinski definition) is 3. The van der Waals surface area contributed by atoms with Gasteiger partial charge in [0, 0.05) is 5.02 Å². The number of carbonyl (C=O) groups is 1. The van der Waals surface area contributed by atoms with Crippen LogP contribution in [0.4, 0.5) is 10.5 Å². The van der Waals surface area contributed by atoms with Crippen molar-refractivity contribution in [3.63, 3.8) is 0 Å². The van der Waals surface area contributed by atoms with Gasteiger partial charge in [-0.3, -0.25) is 4.72 Å². The first-order valence-electron chi connectivity index (χ1n) is 5.25. The van der Waals surface area contributed by atoms with Crippen molar-refractivity contribution >= 4 is 33.6 Å². The van der Waals surface area contributed by atoms with Crippen molar-refractivity contribution in [2.75, 3.05) is 18.4 Å². The highest BCUT2D eigenvalue weighted by Gasteiger charge is 2.16. The number of amides is 1. The number of methoxy groups -OCH3 is 1. The van der Waals surface area contributed by atoms with Gasteiger partial charge < -0.3 is 10.5 Å². The van der Waals surface area contributed by atoms with Gasteiger partial charge in [-0.25, -0.2) is 9.52 Å². The molecule has 20 heavy (non-hydrogen) atoms. The Morgan fingerprint density at radius 1 is 1.50 bits per heavy atom. The highest BCUT2D eigenvalue weighted by Crippen LogP contribution is 2.20. The van der Waals surface area contributed by atoms with Crippen LogP contribution in [-0.4, -0.2) is 28.2 Å². The molecule has 0 fully saturated rings. The topological polar surface area (TPSA) is 111 Å². The number of rotatable bonds is 3. The molecular weight excluding hydrogens is 306 g/mol. The molecule has 1 rings (SSSR count). The van der Waals surface area contributed by atoms with Crippen LogP contribution >= 0.6 is 11.6 Å². The summed E-state index contributed by atoms with van der Waals surface area (Å²) in [5.74, 6) is 5.26. The van der Waals surface area contributed by atoms with Crippen molar-refractivity contribution in [3.8, 4) is 11.8 Å². The highest BCUT2D eigenvalue weighted by molar-refractivity contribution is 7.91. The molecule has 0 radical (unpaired) electrons. The molecule has 0 unspecified atom stereocenters. The van der Waals surface area contributed by atoms with E-state index in [2.05, 4.69) is 21.3 Å². The number of anilines is 1. The average Bonchev–Trinajstić information content (AvgIpc) is 2.38. The minimum Gasteiger partial charge on any atom is -0.452 e. The van der Waals surface area contributed by atoms with E-state index < -0.39 is 16.3 Å². The third-order valence-corrected chi connectivity index (χ3v) is 3.11. The first-order valence-corrected chi connectivity index (χ1v) is 7.11. The average molecular weight is 318 g/mol. The van der Waals surface area contributed by atoms with E-state index in [4.69, 9.17) is 17.3 Å². The number of halogens is 1. The fourth-order valence-corrected chi connectivity index (χ4v) is 2.17. The lowest BCUT2D eigenvalue weighted by Crippen LogP contribution is -2.35. The van der Waals surface area contributed by atoms with Crippen molar-refractivity contribution in [1.29, 1.82) is 0 Å². The lowest BCUT2D eigenvalue weighted by atomic mass is 10.2. The summed E-state index contributed by atoms with van der Waals surface area (Å²) < 4.78 is 31.3. The van der Waals surface area contributed by atoms with E-state index >= 15 is 0 Å². The fourth-order valence-electron chi connectivity index (χ4n) is 1.18. The Morgan fingerprint density at radius 2 is 2.20 bits per heavy atom. The number of benzene rings is 1. The van der Waals surface area contributed by atoms with Crippen LogP contribution in [0, 0.1) is 11.8 Å². The van der Waals surface area contributed by atoms with E-state index in [-0.39, 0.29) is 12.2 Å². The number of nitrogens with two attached hydrogens (primary N) is 1. The fraction of sp³-hybridized carbons (Fsp3) is 0.182. The van der Waals surface area contributed by atoms with Gasteiger partial charge in [0.1, 0.15) is 0 Å². The van der Waals surface area contributed by atoms with Gasteiger partial charge in [0.2, 0.25) is 0 Å². The third-order valence-electron chi connectivity index (χ3n) is 1.95. The molecule has 4 N–H and O–H groups in total. The molecule has 7 nitrogen and oxygen atoms in total. The van der Waals surface area contributed by atoms with Crippen LogP contribution in [0.15, 0.2) is 18.2 Å². The maximum absolute atomic E-state index is 11.7. The summed E-state index contributed by atoms with van der Waals surface area (Å²) in [6, 6.07) is 4.37. The van der Waals surface area contributed by atoms with Gasteiger partial charge in [0.25, 0.3) is 0 Å². The first-order chi connectivity index (χ1) is 9.38. The molecule has 0 saturated heterocycles. The molecule has 1 aromatic carbocycles. The lowest BCUT2D eigenvalue weighted by molar-refractivity contribution is 0.177. The van der Waals surface area contributed by atoms with Crippen LogP contribution in [-0.2, 0) is 14.9 Å². The van der Waals surface area contributed by atoms with Crippen LogP contribution in [0.1, 0.15) is 5.56 Å². The van der Waals surface area contributed by atoms with Gasteiger partial charge in [-0.15, -0.1) is 0 Å². The molecule has 0 bridgehead atoms. The summed E-state index contributed by atoms with van der Waals surface area (Å²) in [4.78, 5) is 10.9. The predicted octanol–water partition coefficient (Wildman–Crippen LogP) is 0.663. The monoisotopic (exact) mass is 317 g/mol. The van der Waals surface area contributed by atoms with Gasteiger partial charge in [-0.05, 0) is 18.2 Å². The van der Waals surface area contributed by atoms with Gasteiger partial charge in [-0.2, -0.15) is 8.42 Å². The van der Waals surface area contributed by atoms with E-state index in [1.807, 2.05) is 0 Å². The van der Waals surface area contributed by atoms with Crippen LogP contribution in [0.2, 0.25) is 5.02 Å². The molecule has 1 aromatic rings. The molecule has 0 spiro atoms. The molecule has 0 aliphatic heterocycles. The summed E-state index contributed by atoms with van der Waals surface area (Å²) in [5, 5.41) is 0.384. The molecule has 1 amide bonds. The zero-order valence-corrected chi connectivity index (χ0v) is 12.0. The third kappa shape index (κ3) is 4.97. The van der Waals surface area contributed by atoms with Crippen LogP contribution in [0.5, 0.6) is 0 Å². The Kier molecular flexibility index (Phi) is 5.64. The van der Waals surface area contributed by atoms with Crippen molar-refractivity contribution in [2.24, 2.45) is 5.73 Å². The summed E-state index contributed by atoms with van der Waals surface area (Å²) in [6.07, 6.45) is -1.11. The Bertz CT molecular complexity index is 664. The Balaban J connectivity index is 3.05. The van der Waals surface area contributed by atoms with E-state index in [0.29, 0.717) is 10.6 Å². The molecule has 0 saturated carbocycles. The second-order valence-corrected chi connectivity index (χ2v) is 5.25. The number of carbonyl (C=O) groups excluding carboxylic acids is 1. The molecular formula is C11H12ClN3O4S. The normalized spacial score (nSPS) is 10.2. The van der Waals surface area contributed by atoms with E-state index in [9.17, 15) is 13.2 Å². The Hall–Kier alpha value is -1.95.